The van der Waals surface area contributed by atoms with Crippen LogP contribution in [-0.2, 0) is 11.2 Å². The largest absolute Gasteiger partial charge is 0.456 e. The summed E-state index contributed by atoms with van der Waals surface area (Å²) in [4.78, 5) is 12.1. The van der Waals surface area contributed by atoms with E-state index in [1.54, 1.807) is 0 Å². The normalized spacial score (nSPS) is 18.3. The van der Waals surface area contributed by atoms with Gasteiger partial charge in [0.1, 0.15) is 5.60 Å². The van der Waals surface area contributed by atoms with Crippen molar-refractivity contribution < 1.29 is 9.53 Å². The zero-order valence-electron chi connectivity index (χ0n) is 11.4. The summed E-state index contributed by atoms with van der Waals surface area (Å²) in [5.41, 5.74) is 1.66. The SMILES string of the molecule is CCc1ccc(C(=O)OC2(C)CCCCC2)cc1. The summed E-state index contributed by atoms with van der Waals surface area (Å²) in [6.45, 7) is 4.17. The molecule has 2 rings (SSSR count). The quantitative estimate of drug-likeness (QED) is 0.750. The number of hydrogen-bond donors (Lipinski definition) is 0. The number of esters is 1. The van der Waals surface area contributed by atoms with Gasteiger partial charge >= 0.3 is 5.97 Å². The third-order valence-corrected chi connectivity index (χ3v) is 3.85. The van der Waals surface area contributed by atoms with Crippen LogP contribution in [0, 0.1) is 0 Å². The Labute approximate surface area is 109 Å². The summed E-state index contributed by atoms with van der Waals surface area (Å²) in [5, 5.41) is 0. The number of ether oxygens (including phenoxy) is 1. The highest BCUT2D eigenvalue weighted by atomic mass is 16.6. The predicted molar refractivity (Wildman–Crippen MR) is 72.7 cm³/mol. The molecule has 0 aromatic heterocycles. The van der Waals surface area contributed by atoms with Crippen molar-refractivity contribution >= 4 is 5.97 Å². The molecule has 0 radical (unpaired) electrons. The Morgan fingerprint density at radius 1 is 1.17 bits per heavy atom. The Morgan fingerprint density at radius 2 is 1.78 bits per heavy atom. The topological polar surface area (TPSA) is 26.3 Å². The maximum atomic E-state index is 12.1. The summed E-state index contributed by atoms with van der Waals surface area (Å²) in [6.07, 6.45) is 6.57. The Morgan fingerprint density at radius 3 is 2.33 bits per heavy atom. The lowest BCUT2D eigenvalue weighted by Crippen LogP contribution is -2.33. The van der Waals surface area contributed by atoms with Gasteiger partial charge in [0.25, 0.3) is 0 Å². The van der Waals surface area contributed by atoms with E-state index in [1.807, 2.05) is 24.3 Å². The first kappa shape index (κ1) is 13.1. The first-order chi connectivity index (χ1) is 8.63. The molecule has 0 bridgehead atoms. The lowest BCUT2D eigenvalue weighted by atomic mass is 9.86. The highest BCUT2D eigenvalue weighted by molar-refractivity contribution is 5.89. The Balaban J connectivity index is 2.02. The molecule has 1 saturated carbocycles. The fraction of sp³-hybridized carbons (Fsp3) is 0.562. The molecular formula is C16H22O2. The second kappa shape index (κ2) is 5.55. The minimum Gasteiger partial charge on any atom is -0.456 e. The fourth-order valence-electron chi connectivity index (χ4n) is 2.56. The van der Waals surface area contributed by atoms with Crippen LogP contribution in [0.5, 0.6) is 0 Å². The molecule has 1 fully saturated rings. The van der Waals surface area contributed by atoms with Crippen molar-refractivity contribution in [1.82, 2.24) is 0 Å². The zero-order valence-corrected chi connectivity index (χ0v) is 11.4. The van der Waals surface area contributed by atoms with E-state index in [9.17, 15) is 4.79 Å². The van der Waals surface area contributed by atoms with E-state index in [2.05, 4.69) is 13.8 Å². The molecule has 0 atom stereocenters. The number of rotatable bonds is 3. The molecule has 1 aliphatic carbocycles. The number of benzene rings is 1. The van der Waals surface area contributed by atoms with Gasteiger partial charge in [-0.1, -0.05) is 25.5 Å². The first-order valence-electron chi connectivity index (χ1n) is 6.95. The molecule has 1 aromatic carbocycles. The molecule has 2 nitrogen and oxygen atoms in total. The van der Waals surface area contributed by atoms with Crippen molar-refractivity contribution in [3.05, 3.63) is 35.4 Å². The Bertz CT molecular complexity index is 400. The standard InChI is InChI=1S/C16H22O2/c1-3-13-7-9-14(10-8-13)15(17)18-16(2)11-5-4-6-12-16/h7-10H,3-6,11-12H2,1-2H3. The van der Waals surface area contributed by atoms with Crippen LogP contribution in [0.25, 0.3) is 0 Å². The van der Waals surface area contributed by atoms with Crippen LogP contribution in [0.15, 0.2) is 24.3 Å². The van der Waals surface area contributed by atoms with E-state index in [4.69, 9.17) is 4.74 Å². The molecule has 0 N–H and O–H groups in total. The second-order valence-corrected chi connectivity index (χ2v) is 5.45. The van der Waals surface area contributed by atoms with Crippen molar-refractivity contribution in [2.75, 3.05) is 0 Å². The molecule has 0 amide bonds. The van der Waals surface area contributed by atoms with E-state index in [0.717, 1.165) is 19.3 Å². The van der Waals surface area contributed by atoms with Crippen LogP contribution >= 0.6 is 0 Å². The van der Waals surface area contributed by atoms with Gasteiger partial charge in [-0.05, 0) is 56.7 Å². The average molecular weight is 246 g/mol. The van der Waals surface area contributed by atoms with Gasteiger partial charge < -0.3 is 4.74 Å². The third-order valence-electron chi connectivity index (χ3n) is 3.85. The van der Waals surface area contributed by atoms with E-state index in [-0.39, 0.29) is 11.6 Å². The van der Waals surface area contributed by atoms with Crippen molar-refractivity contribution in [2.45, 2.75) is 58.0 Å². The predicted octanol–water partition coefficient (Wildman–Crippen LogP) is 4.13. The third kappa shape index (κ3) is 3.12. The van der Waals surface area contributed by atoms with Crippen LogP contribution < -0.4 is 0 Å². The van der Waals surface area contributed by atoms with Crippen LogP contribution in [0.4, 0.5) is 0 Å². The van der Waals surface area contributed by atoms with Crippen LogP contribution in [-0.4, -0.2) is 11.6 Å². The summed E-state index contributed by atoms with van der Waals surface area (Å²) < 4.78 is 5.70. The van der Waals surface area contributed by atoms with Gasteiger partial charge in [0.2, 0.25) is 0 Å². The van der Waals surface area contributed by atoms with Crippen molar-refractivity contribution in [1.29, 1.82) is 0 Å². The molecule has 0 saturated heterocycles. The van der Waals surface area contributed by atoms with Crippen molar-refractivity contribution in [3.8, 4) is 0 Å². The van der Waals surface area contributed by atoms with Gasteiger partial charge in [-0.15, -0.1) is 0 Å². The average Bonchev–Trinajstić information content (AvgIpc) is 2.39. The number of carbonyl (C=O) groups excluding carboxylic acids is 1. The molecule has 0 heterocycles. The Hall–Kier alpha value is -1.31. The lowest BCUT2D eigenvalue weighted by Gasteiger charge is -2.33. The molecule has 1 aliphatic rings. The number of aryl methyl sites for hydroxylation is 1. The molecule has 1 aromatic rings. The van der Waals surface area contributed by atoms with E-state index in [1.165, 1.54) is 24.8 Å². The van der Waals surface area contributed by atoms with E-state index >= 15 is 0 Å². The smallest absolute Gasteiger partial charge is 0.338 e. The summed E-state index contributed by atoms with van der Waals surface area (Å²) in [7, 11) is 0. The molecule has 0 unspecified atom stereocenters. The van der Waals surface area contributed by atoms with Gasteiger partial charge in [-0.2, -0.15) is 0 Å². The molecule has 2 heteroatoms. The number of carbonyl (C=O) groups is 1. The second-order valence-electron chi connectivity index (χ2n) is 5.45. The highest BCUT2D eigenvalue weighted by Gasteiger charge is 2.30. The van der Waals surface area contributed by atoms with E-state index in [0.29, 0.717) is 5.56 Å². The lowest BCUT2D eigenvalue weighted by molar-refractivity contribution is -0.0269. The maximum absolute atomic E-state index is 12.1. The minimum atomic E-state index is -0.251. The van der Waals surface area contributed by atoms with Gasteiger partial charge in [0.15, 0.2) is 0 Å². The Kier molecular flexibility index (Phi) is 4.05. The van der Waals surface area contributed by atoms with Crippen molar-refractivity contribution in [2.24, 2.45) is 0 Å². The monoisotopic (exact) mass is 246 g/mol. The van der Waals surface area contributed by atoms with Crippen LogP contribution in [0.3, 0.4) is 0 Å². The zero-order chi connectivity index (χ0) is 13.0. The summed E-state index contributed by atoms with van der Waals surface area (Å²) in [6, 6.07) is 7.74. The van der Waals surface area contributed by atoms with E-state index < -0.39 is 0 Å². The van der Waals surface area contributed by atoms with Gasteiger partial charge in [-0.25, -0.2) is 4.79 Å². The molecular weight excluding hydrogens is 224 g/mol. The molecule has 0 spiro atoms. The van der Waals surface area contributed by atoms with Crippen LogP contribution in [0.1, 0.15) is 61.9 Å². The molecule has 98 valence electrons. The van der Waals surface area contributed by atoms with Crippen LogP contribution in [0.2, 0.25) is 0 Å². The first-order valence-corrected chi connectivity index (χ1v) is 6.95. The van der Waals surface area contributed by atoms with Gasteiger partial charge in [-0.3, -0.25) is 0 Å². The number of hydrogen-bond acceptors (Lipinski definition) is 2. The molecule has 18 heavy (non-hydrogen) atoms. The van der Waals surface area contributed by atoms with Gasteiger partial charge in [0, 0.05) is 0 Å². The van der Waals surface area contributed by atoms with Gasteiger partial charge in [0.05, 0.1) is 5.56 Å². The fourth-order valence-corrected chi connectivity index (χ4v) is 2.56. The summed E-state index contributed by atoms with van der Waals surface area (Å²) in [5.74, 6) is -0.179. The minimum absolute atomic E-state index is 0.179. The molecule has 0 aliphatic heterocycles. The maximum Gasteiger partial charge on any atom is 0.338 e. The summed E-state index contributed by atoms with van der Waals surface area (Å²) >= 11 is 0. The van der Waals surface area contributed by atoms with Crippen molar-refractivity contribution in [3.63, 3.8) is 0 Å². The highest BCUT2D eigenvalue weighted by Crippen LogP contribution is 2.31.